The lowest BCUT2D eigenvalue weighted by Gasteiger charge is -2.50. The molecule has 0 bridgehead atoms. The Kier molecular flexibility index (Phi) is 9.66. The van der Waals surface area contributed by atoms with Crippen molar-refractivity contribution >= 4 is 29.8 Å². The van der Waals surface area contributed by atoms with E-state index in [0.717, 1.165) is 42.5 Å². The summed E-state index contributed by atoms with van der Waals surface area (Å²) in [6.45, 7) is 0. The van der Waals surface area contributed by atoms with Crippen molar-refractivity contribution in [3.05, 3.63) is 89.5 Å². The second-order valence-corrected chi connectivity index (χ2v) is 10.7. The molecule has 0 amide bonds. The number of phenolic OH excluding ortho intramolecular Hbond substituents is 4. The van der Waals surface area contributed by atoms with Gasteiger partial charge in [0.15, 0.2) is 40.5 Å². The van der Waals surface area contributed by atoms with Gasteiger partial charge in [0.05, 0.1) is 0 Å². The molecule has 1 aliphatic carbocycles. The number of aliphatic carboxylic acids is 1. The molecule has 14 nitrogen and oxygen atoms in total. The number of aliphatic hydroxyl groups excluding tert-OH is 1. The lowest BCUT2D eigenvalue weighted by atomic mass is 9.67. The van der Waals surface area contributed by atoms with Crippen molar-refractivity contribution in [2.75, 3.05) is 0 Å². The number of Topliss-reactive ketones (excluding diaryl/α,β-unsaturated/α-hetero) is 1. The normalized spacial score (nSPS) is 24.3. The van der Waals surface area contributed by atoms with Gasteiger partial charge in [0.25, 0.3) is 5.79 Å². The smallest absolute Gasteiger partial charge is 0.336 e. The molecule has 0 heterocycles. The Balaban J connectivity index is 1.70. The van der Waals surface area contributed by atoms with Crippen LogP contribution in [-0.4, -0.2) is 88.1 Å². The minimum absolute atomic E-state index is 0.201. The first kappa shape index (κ1) is 33.5. The average molecular weight is 639 g/mol. The highest BCUT2D eigenvalue weighted by atomic mass is 16.7. The molecule has 0 spiro atoms. The number of hydrogen-bond donors (Lipinski definition) is 8. The number of hydrogen-bond acceptors (Lipinski definition) is 13. The van der Waals surface area contributed by atoms with Crippen molar-refractivity contribution in [2.24, 2.45) is 5.92 Å². The van der Waals surface area contributed by atoms with Gasteiger partial charge in [-0.25, -0.2) is 9.59 Å². The van der Waals surface area contributed by atoms with E-state index in [1.807, 2.05) is 0 Å². The Morgan fingerprint density at radius 3 is 2.09 bits per heavy atom. The van der Waals surface area contributed by atoms with Gasteiger partial charge in [0.2, 0.25) is 0 Å². The summed E-state index contributed by atoms with van der Waals surface area (Å²) >= 11 is 0. The van der Waals surface area contributed by atoms with Crippen LogP contribution in [0.4, 0.5) is 0 Å². The summed E-state index contributed by atoms with van der Waals surface area (Å²) < 4.78 is 10.6. The molecule has 1 aliphatic rings. The van der Waals surface area contributed by atoms with Gasteiger partial charge in [-0.2, -0.15) is 0 Å². The van der Waals surface area contributed by atoms with Crippen LogP contribution in [-0.2, 0) is 30.3 Å². The molecule has 1 fully saturated rings. The van der Waals surface area contributed by atoms with Gasteiger partial charge in [-0.1, -0.05) is 36.4 Å². The Hall–Kier alpha value is -5.44. The van der Waals surface area contributed by atoms with Gasteiger partial charge in [-0.05, 0) is 54.0 Å². The maximum Gasteiger partial charge on any atom is 0.336 e. The molecule has 5 atom stereocenters. The lowest BCUT2D eigenvalue weighted by Crippen LogP contribution is -2.71. The van der Waals surface area contributed by atoms with Crippen LogP contribution in [0.1, 0.15) is 34.3 Å². The Morgan fingerprint density at radius 2 is 1.48 bits per heavy atom. The molecule has 0 aromatic heterocycles. The quantitative estimate of drug-likeness (QED) is 0.0390. The van der Waals surface area contributed by atoms with Gasteiger partial charge in [-0.3, -0.25) is 9.59 Å². The number of benzene rings is 3. The zero-order chi connectivity index (χ0) is 33.8. The molecular weight excluding hydrogens is 608 g/mol. The third-order valence-electron chi connectivity index (χ3n) is 7.57. The second kappa shape index (κ2) is 13.3. The summed E-state index contributed by atoms with van der Waals surface area (Å²) in [6.07, 6.45) is -5.22. The van der Waals surface area contributed by atoms with Gasteiger partial charge >= 0.3 is 17.9 Å². The largest absolute Gasteiger partial charge is 0.504 e. The van der Waals surface area contributed by atoms with E-state index >= 15 is 0 Å². The molecule has 8 N–H and O–H groups in total. The number of aliphatic hydroxyl groups is 3. The maximum absolute atomic E-state index is 13.1. The van der Waals surface area contributed by atoms with Crippen LogP contribution in [0.2, 0.25) is 0 Å². The van der Waals surface area contributed by atoms with Crippen molar-refractivity contribution in [1.29, 1.82) is 0 Å². The van der Waals surface area contributed by atoms with Crippen LogP contribution >= 0.6 is 0 Å². The average Bonchev–Trinajstić information content (AvgIpc) is 3.00. The van der Waals surface area contributed by atoms with Crippen LogP contribution in [0.5, 0.6) is 23.0 Å². The number of phenols is 4. The molecule has 0 aliphatic heterocycles. The highest BCUT2D eigenvalue weighted by molar-refractivity contribution is 6.06. The molecule has 3 aromatic rings. The monoisotopic (exact) mass is 638 g/mol. The van der Waals surface area contributed by atoms with Gasteiger partial charge < -0.3 is 50.3 Å². The zero-order valence-corrected chi connectivity index (χ0v) is 23.9. The second-order valence-electron chi connectivity index (χ2n) is 10.7. The topological polar surface area (TPSA) is 249 Å². The summed E-state index contributed by atoms with van der Waals surface area (Å²) in [5.41, 5.74) is -2.45. The number of carboxylic acid groups (broad SMARTS) is 1. The summed E-state index contributed by atoms with van der Waals surface area (Å²) in [4.78, 5) is 51.1. The Bertz CT molecular complexity index is 1670. The molecule has 1 saturated carbocycles. The summed E-state index contributed by atoms with van der Waals surface area (Å²) in [5.74, 6) is -12.5. The number of ketones is 1. The van der Waals surface area contributed by atoms with Crippen LogP contribution < -0.4 is 0 Å². The van der Waals surface area contributed by atoms with E-state index in [9.17, 15) is 60.0 Å². The molecule has 14 heteroatoms. The number of carboxylic acids is 1. The molecule has 4 rings (SSSR count). The molecule has 242 valence electrons. The van der Waals surface area contributed by atoms with E-state index in [-0.39, 0.29) is 17.5 Å². The van der Waals surface area contributed by atoms with E-state index < -0.39 is 89.0 Å². The minimum atomic E-state index is -3.16. The van der Waals surface area contributed by atoms with Crippen LogP contribution in [0.15, 0.2) is 72.8 Å². The number of carbonyl (C=O) groups excluding carboxylic acids is 3. The third kappa shape index (κ3) is 7.10. The zero-order valence-electron chi connectivity index (χ0n) is 23.9. The predicted octanol–water partition coefficient (Wildman–Crippen LogP) is 1.38. The fraction of sp³-hybridized carbons (Fsp3) is 0.250. The first-order valence-corrected chi connectivity index (χ1v) is 13.7. The lowest BCUT2D eigenvalue weighted by molar-refractivity contribution is -0.330. The minimum Gasteiger partial charge on any atom is -0.504 e. The van der Waals surface area contributed by atoms with Gasteiger partial charge in [0, 0.05) is 24.0 Å². The number of esters is 2. The number of ether oxygens (including phenoxy) is 2. The Labute approximate surface area is 260 Å². The molecule has 5 unspecified atom stereocenters. The number of carbonyl (C=O) groups is 4. The molecule has 0 radical (unpaired) electrons. The van der Waals surface area contributed by atoms with Crippen molar-refractivity contribution in [2.45, 2.75) is 42.9 Å². The predicted molar refractivity (Wildman–Crippen MR) is 155 cm³/mol. The molecule has 0 saturated heterocycles. The summed E-state index contributed by atoms with van der Waals surface area (Å²) in [6, 6.07) is 14.5. The summed E-state index contributed by atoms with van der Waals surface area (Å²) in [7, 11) is 0. The van der Waals surface area contributed by atoms with Crippen molar-refractivity contribution in [3.8, 4) is 23.0 Å². The van der Waals surface area contributed by atoms with E-state index in [1.54, 1.807) is 30.3 Å². The first-order chi connectivity index (χ1) is 21.6. The van der Waals surface area contributed by atoms with Crippen molar-refractivity contribution in [1.82, 2.24) is 0 Å². The highest BCUT2D eigenvalue weighted by Gasteiger charge is 2.66. The Morgan fingerprint density at radius 1 is 0.848 bits per heavy atom. The van der Waals surface area contributed by atoms with Crippen molar-refractivity contribution < 1.29 is 69.5 Å². The van der Waals surface area contributed by atoms with E-state index in [2.05, 4.69) is 0 Å². The van der Waals surface area contributed by atoms with Crippen LogP contribution in [0, 0.1) is 5.92 Å². The van der Waals surface area contributed by atoms with Crippen molar-refractivity contribution in [3.63, 3.8) is 0 Å². The fourth-order valence-electron chi connectivity index (χ4n) is 5.12. The molecule has 46 heavy (non-hydrogen) atoms. The standard InChI is InChI=1S/C32H30O14/c33-21-9-6-18(13-24(21)36)7-11-27(39)46-32(44)26(38)16-31(43,30(41)42)20(12-17-4-2-1-3-5-17)29(32)45-28(40)15-23(35)19-8-10-22(34)25(37)14-19/h1-11,13-14,20,26,29,33-34,36-38,43-44H,12,15-16H2,(H,41,42). The van der Waals surface area contributed by atoms with E-state index in [1.165, 1.54) is 6.07 Å². The third-order valence-corrected chi connectivity index (χ3v) is 7.57. The molecular formula is C32H30O14. The summed E-state index contributed by atoms with van der Waals surface area (Å²) in [5, 5.41) is 82.3. The maximum atomic E-state index is 13.1. The number of rotatable bonds is 10. The number of aromatic hydroxyl groups is 4. The van der Waals surface area contributed by atoms with Crippen LogP contribution in [0.25, 0.3) is 6.08 Å². The molecule has 3 aromatic carbocycles. The van der Waals surface area contributed by atoms with E-state index in [0.29, 0.717) is 5.56 Å². The highest BCUT2D eigenvalue weighted by Crippen LogP contribution is 2.44. The fourth-order valence-corrected chi connectivity index (χ4v) is 5.12. The van der Waals surface area contributed by atoms with Gasteiger partial charge in [0.1, 0.15) is 12.5 Å². The van der Waals surface area contributed by atoms with E-state index in [4.69, 9.17) is 9.47 Å². The first-order valence-electron chi connectivity index (χ1n) is 13.7. The van der Waals surface area contributed by atoms with Crippen LogP contribution in [0.3, 0.4) is 0 Å². The SMILES string of the molecule is O=C(C=Cc1ccc(O)c(O)c1)OC1(O)C(O)CC(O)(C(=O)O)C(Cc2ccccc2)C1OC(=O)CC(=O)c1ccc(O)c(O)c1. The van der Waals surface area contributed by atoms with Gasteiger partial charge in [-0.15, -0.1) is 0 Å².